The third-order valence-electron chi connectivity index (χ3n) is 5.18. The first-order valence-electron chi connectivity index (χ1n) is 10.0. The number of hydrogen-bond donors (Lipinski definition) is 0. The Labute approximate surface area is 186 Å². The van der Waals surface area contributed by atoms with Gasteiger partial charge in [-0.3, -0.25) is 4.98 Å². The van der Waals surface area contributed by atoms with Crippen LogP contribution in [0.5, 0.6) is 5.75 Å². The monoisotopic (exact) mass is 422 g/mol. The van der Waals surface area contributed by atoms with Crippen molar-refractivity contribution in [3.05, 3.63) is 114 Å². The number of rotatable bonds is 5. The summed E-state index contributed by atoms with van der Waals surface area (Å²) in [7, 11) is 0. The van der Waals surface area contributed by atoms with Gasteiger partial charge < -0.3 is 4.74 Å². The number of fused-ring (bicyclic) bond motifs is 1. The lowest BCUT2D eigenvalue weighted by Gasteiger charge is -2.12. The molecule has 0 saturated carbocycles. The lowest BCUT2D eigenvalue weighted by atomic mass is 9.95. The normalized spacial score (nSPS) is 10.9. The summed E-state index contributed by atoms with van der Waals surface area (Å²) in [5.74, 6) is 0.804. The fraction of sp³-hybridized carbons (Fsp3) is 0.0370. The topological polar surface area (TPSA) is 35.0 Å². The molecule has 0 saturated heterocycles. The molecule has 3 aromatic carbocycles. The van der Waals surface area contributed by atoms with Crippen LogP contribution in [0.25, 0.3) is 33.2 Å². The van der Waals surface area contributed by atoms with Crippen molar-refractivity contribution in [1.82, 2.24) is 9.97 Å². The second kappa shape index (κ2) is 8.58. The molecular formula is C27H19ClN2O. The van der Waals surface area contributed by atoms with Crippen molar-refractivity contribution in [1.29, 1.82) is 0 Å². The van der Waals surface area contributed by atoms with Gasteiger partial charge in [0.1, 0.15) is 12.4 Å². The number of nitrogens with zero attached hydrogens (tertiary/aromatic N) is 2. The van der Waals surface area contributed by atoms with E-state index in [4.69, 9.17) is 16.3 Å². The van der Waals surface area contributed by atoms with E-state index in [2.05, 4.69) is 34.2 Å². The third-order valence-corrected chi connectivity index (χ3v) is 5.42. The molecule has 0 amide bonds. The van der Waals surface area contributed by atoms with Crippen LogP contribution >= 0.6 is 11.6 Å². The zero-order valence-corrected chi connectivity index (χ0v) is 17.5. The second-order valence-electron chi connectivity index (χ2n) is 7.23. The molecule has 3 nitrogen and oxygen atoms in total. The number of ether oxygens (including phenoxy) is 1. The van der Waals surface area contributed by atoms with E-state index in [9.17, 15) is 0 Å². The van der Waals surface area contributed by atoms with Gasteiger partial charge in [-0.2, -0.15) is 0 Å². The van der Waals surface area contributed by atoms with Crippen LogP contribution in [-0.2, 0) is 6.61 Å². The molecule has 0 spiro atoms. The SMILES string of the molecule is Clc1ccc(-c2ccc(OCc3ccc4ccccc4n3)cc2)c(-c2ccncc2)c1. The average molecular weight is 423 g/mol. The Bertz CT molecular complexity index is 1330. The van der Waals surface area contributed by atoms with Crippen LogP contribution in [0.3, 0.4) is 0 Å². The molecule has 0 radical (unpaired) electrons. The van der Waals surface area contributed by atoms with Gasteiger partial charge in [0.15, 0.2) is 0 Å². The van der Waals surface area contributed by atoms with Crippen LogP contribution < -0.4 is 4.74 Å². The molecule has 31 heavy (non-hydrogen) atoms. The molecule has 5 aromatic rings. The molecule has 0 N–H and O–H groups in total. The minimum Gasteiger partial charge on any atom is -0.487 e. The number of halogens is 1. The Balaban J connectivity index is 1.37. The van der Waals surface area contributed by atoms with Gasteiger partial charge in [-0.25, -0.2) is 4.98 Å². The molecule has 0 bridgehead atoms. The summed E-state index contributed by atoms with van der Waals surface area (Å²) >= 11 is 6.27. The lowest BCUT2D eigenvalue weighted by Crippen LogP contribution is -1.98. The minimum absolute atomic E-state index is 0.424. The Hall–Kier alpha value is -3.69. The maximum Gasteiger partial charge on any atom is 0.130 e. The van der Waals surface area contributed by atoms with Crippen LogP contribution in [-0.4, -0.2) is 9.97 Å². The molecule has 0 fully saturated rings. The maximum absolute atomic E-state index is 6.27. The van der Waals surface area contributed by atoms with Gasteiger partial charge in [-0.15, -0.1) is 0 Å². The van der Waals surface area contributed by atoms with Crippen LogP contribution in [0.4, 0.5) is 0 Å². The summed E-state index contributed by atoms with van der Waals surface area (Å²) in [6.45, 7) is 0.424. The number of pyridine rings is 2. The van der Waals surface area contributed by atoms with E-state index in [1.54, 1.807) is 12.4 Å². The van der Waals surface area contributed by atoms with E-state index in [0.29, 0.717) is 11.6 Å². The molecule has 0 atom stereocenters. The van der Waals surface area contributed by atoms with E-state index < -0.39 is 0 Å². The van der Waals surface area contributed by atoms with E-state index >= 15 is 0 Å². The molecule has 5 rings (SSSR count). The Kier molecular flexibility index (Phi) is 5.34. The summed E-state index contributed by atoms with van der Waals surface area (Å²) in [5, 5.41) is 1.84. The van der Waals surface area contributed by atoms with Crippen LogP contribution in [0.2, 0.25) is 5.02 Å². The number of aromatic nitrogens is 2. The van der Waals surface area contributed by atoms with Gasteiger partial charge >= 0.3 is 0 Å². The Morgan fingerprint density at radius 1 is 0.710 bits per heavy atom. The highest BCUT2D eigenvalue weighted by Gasteiger charge is 2.09. The number of benzene rings is 3. The lowest BCUT2D eigenvalue weighted by molar-refractivity contribution is 0.302. The van der Waals surface area contributed by atoms with Gasteiger partial charge in [0.2, 0.25) is 0 Å². The van der Waals surface area contributed by atoms with Crippen molar-refractivity contribution in [3.8, 4) is 28.0 Å². The summed E-state index contributed by atoms with van der Waals surface area (Å²) in [5.41, 5.74) is 6.24. The van der Waals surface area contributed by atoms with Crippen molar-refractivity contribution in [3.63, 3.8) is 0 Å². The van der Waals surface area contributed by atoms with E-state index in [1.165, 1.54) is 0 Å². The van der Waals surface area contributed by atoms with Crippen molar-refractivity contribution < 1.29 is 4.74 Å². The molecule has 150 valence electrons. The minimum atomic E-state index is 0.424. The first-order valence-corrected chi connectivity index (χ1v) is 10.4. The summed E-state index contributed by atoms with van der Waals surface area (Å²) < 4.78 is 5.97. The van der Waals surface area contributed by atoms with Gasteiger partial charge in [-0.1, -0.05) is 54.1 Å². The highest BCUT2D eigenvalue weighted by atomic mass is 35.5. The summed E-state index contributed by atoms with van der Waals surface area (Å²) in [4.78, 5) is 8.78. The quantitative estimate of drug-likeness (QED) is 0.300. The van der Waals surface area contributed by atoms with Gasteiger partial charge in [0, 0.05) is 22.8 Å². The maximum atomic E-state index is 6.27. The largest absolute Gasteiger partial charge is 0.487 e. The van der Waals surface area contributed by atoms with Crippen molar-refractivity contribution >= 4 is 22.5 Å². The second-order valence-corrected chi connectivity index (χ2v) is 7.67. The summed E-state index contributed by atoms with van der Waals surface area (Å²) in [6.07, 6.45) is 3.58. The van der Waals surface area contributed by atoms with Gasteiger partial charge in [-0.05, 0) is 70.8 Å². The molecule has 2 aromatic heterocycles. The standard InChI is InChI=1S/C27H19ClN2O/c28-22-8-12-25(26(17-22)20-13-15-29-16-14-20)19-6-10-24(11-7-19)31-18-23-9-5-21-3-1-2-4-27(21)30-23/h1-17H,18H2. The average Bonchev–Trinajstić information content (AvgIpc) is 2.83. The molecule has 0 unspecified atom stereocenters. The van der Waals surface area contributed by atoms with E-state index in [1.807, 2.05) is 66.7 Å². The van der Waals surface area contributed by atoms with Crippen LogP contribution in [0.1, 0.15) is 5.69 Å². The molecule has 0 aliphatic carbocycles. The predicted octanol–water partition coefficient (Wildman–Crippen LogP) is 7.20. The molecule has 0 aliphatic heterocycles. The van der Waals surface area contributed by atoms with Gasteiger partial charge in [0.25, 0.3) is 0 Å². The van der Waals surface area contributed by atoms with Crippen LogP contribution in [0.15, 0.2) is 103 Å². The first-order chi connectivity index (χ1) is 15.3. The fourth-order valence-corrected chi connectivity index (χ4v) is 3.79. The fourth-order valence-electron chi connectivity index (χ4n) is 3.62. The molecule has 0 aliphatic rings. The first kappa shape index (κ1) is 19.3. The van der Waals surface area contributed by atoms with Crippen molar-refractivity contribution in [2.75, 3.05) is 0 Å². The zero-order chi connectivity index (χ0) is 21.0. The highest BCUT2D eigenvalue weighted by molar-refractivity contribution is 6.31. The molecular weight excluding hydrogens is 404 g/mol. The Morgan fingerprint density at radius 3 is 2.32 bits per heavy atom. The van der Waals surface area contributed by atoms with E-state index in [-0.39, 0.29) is 0 Å². The number of hydrogen-bond acceptors (Lipinski definition) is 3. The third kappa shape index (κ3) is 4.27. The van der Waals surface area contributed by atoms with Gasteiger partial charge in [0.05, 0.1) is 11.2 Å². The number of para-hydroxylation sites is 1. The van der Waals surface area contributed by atoms with E-state index in [0.717, 1.165) is 44.6 Å². The predicted molar refractivity (Wildman–Crippen MR) is 126 cm³/mol. The van der Waals surface area contributed by atoms with Crippen molar-refractivity contribution in [2.24, 2.45) is 0 Å². The van der Waals surface area contributed by atoms with Crippen molar-refractivity contribution in [2.45, 2.75) is 6.61 Å². The highest BCUT2D eigenvalue weighted by Crippen LogP contribution is 2.34. The molecule has 4 heteroatoms. The smallest absolute Gasteiger partial charge is 0.130 e. The Morgan fingerprint density at radius 2 is 1.48 bits per heavy atom. The van der Waals surface area contributed by atoms with Crippen LogP contribution in [0, 0.1) is 0 Å². The summed E-state index contributed by atoms with van der Waals surface area (Å²) in [6, 6.07) is 30.2. The molecule has 2 heterocycles. The zero-order valence-electron chi connectivity index (χ0n) is 16.7.